The second kappa shape index (κ2) is 12.6. The number of allylic oxidation sites excluding steroid dienone is 3. The normalized spacial score (nSPS) is 17.4. The number of amides is 1. The molecule has 1 aliphatic rings. The smallest absolute Gasteiger partial charge is 0.447 e. The summed E-state index contributed by atoms with van der Waals surface area (Å²) >= 11 is 0. The number of ether oxygens (including phenoxy) is 1. The summed E-state index contributed by atoms with van der Waals surface area (Å²) in [7, 11) is 0. The van der Waals surface area contributed by atoms with Crippen molar-refractivity contribution < 1.29 is 23.8 Å². The fourth-order valence-corrected chi connectivity index (χ4v) is 2.56. The minimum Gasteiger partial charge on any atom is -0.463 e. The first kappa shape index (κ1) is 23.2. The van der Waals surface area contributed by atoms with Gasteiger partial charge < -0.3 is 15.4 Å². The Balaban J connectivity index is 0.00000301. The van der Waals surface area contributed by atoms with E-state index in [0.717, 1.165) is 23.1 Å². The number of nitrogens with zero attached hydrogens (tertiary/aromatic N) is 1. The van der Waals surface area contributed by atoms with Crippen molar-refractivity contribution >= 4 is 12.1 Å². The quantitative estimate of drug-likeness (QED) is 0.357. The molecule has 1 fully saturated rings. The van der Waals surface area contributed by atoms with Gasteiger partial charge in [0.1, 0.15) is 0 Å². The Bertz CT molecular complexity index is 606. The van der Waals surface area contributed by atoms with Crippen molar-refractivity contribution in [3.63, 3.8) is 0 Å². The second-order valence-electron chi connectivity index (χ2n) is 5.59. The molecule has 1 amide bonds. The van der Waals surface area contributed by atoms with Gasteiger partial charge in [0.15, 0.2) is 0 Å². The number of likely N-dealkylation sites (tertiary alicyclic amines) is 1. The van der Waals surface area contributed by atoms with Crippen molar-refractivity contribution in [1.82, 2.24) is 4.90 Å². The molecule has 0 aromatic heterocycles. The number of halogens is 1. The van der Waals surface area contributed by atoms with Gasteiger partial charge in [-0.15, -0.1) is 12.8 Å². The van der Waals surface area contributed by atoms with Crippen molar-refractivity contribution in [3.05, 3.63) is 34.6 Å². The summed E-state index contributed by atoms with van der Waals surface area (Å²) in [6.07, 6.45) is 12.1. The number of terminal acetylenes is 1. The minimum atomic E-state index is -0.953. The molecule has 26 heavy (non-hydrogen) atoms. The van der Waals surface area contributed by atoms with Gasteiger partial charge in [0.05, 0.1) is 6.61 Å². The average Bonchev–Trinajstić information content (AvgIpc) is 2.92. The highest BCUT2D eigenvalue weighted by atomic mass is 19.3. The summed E-state index contributed by atoms with van der Waals surface area (Å²) in [5.41, 5.74) is 9.57. The molecule has 0 radical (unpaired) electrons. The van der Waals surface area contributed by atoms with E-state index in [-0.39, 0.29) is 0 Å². The SMILES string of the molecule is C#C.CCOC(=O)/C=C/C(C)=C(N)/C(C)=C1\CCCN(C(=O)OF)CC1. The largest absolute Gasteiger partial charge is 0.463 e. The number of rotatable bonds is 4. The number of nitrogens with two attached hydrogens (primary N) is 1. The number of carbonyl (C=O) groups excluding carboxylic acids is 2. The van der Waals surface area contributed by atoms with Gasteiger partial charge in [-0.25, -0.2) is 14.5 Å². The number of hydrogen-bond acceptors (Lipinski definition) is 5. The Morgan fingerprint density at radius 3 is 2.46 bits per heavy atom. The summed E-state index contributed by atoms with van der Waals surface area (Å²) in [5, 5.41) is 0. The molecule has 0 atom stereocenters. The molecule has 0 aromatic rings. The van der Waals surface area contributed by atoms with Crippen molar-refractivity contribution in [3.8, 4) is 12.8 Å². The molecule has 0 spiro atoms. The minimum absolute atomic E-state index is 0.322. The van der Waals surface area contributed by atoms with Crippen molar-refractivity contribution in [1.29, 1.82) is 0 Å². The lowest BCUT2D eigenvalue weighted by molar-refractivity contribution is -0.137. The van der Waals surface area contributed by atoms with Crippen LogP contribution < -0.4 is 5.73 Å². The van der Waals surface area contributed by atoms with Crippen LogP contribution in [-0.4, -0.2) is 36.7 Å². The molecule has 0 aromatic carbocycles. The molecule has 7 heteroatoms. The maximum atomic E-state index is 12.0. The molecular weight excluding hydrogens is 339 g/mol. The van der Waals surface area contributed by atoms with E-state index in [1.807, 2.05) is 13.8 Å². The average molecular weight is 366 g/mol. The van der Waals surface area contributed by atoms with Gasteiger partial charge in [-0.2, -0.15) is 0 Å². The molecule has 1 aliphatic heterocycles. The van der Waals surface area contributed by atoms with E-state index in [1.54, 1.807) is 13.0 Å². The molecule has 0 aliphatic carbocycles. The molecule has 2 N–H and O–H groups in total. The van der Waals surface area contributed by atoms with E-state index in [0.29, 0.717) is 38.2 Å². The van der Waals surface area contributed by atoms with Gasteiger partial charge in [0.25, 0.3) is 0 Å². The van der Waals surface area contributed by atoms with Crippen LogP contribution in [0.4, 0.5) is 9.32 Å². The van der Waals surface area contributed by atoms with Gasteiger partial charge in [0, 0.05) is 29.4 Å². The molecule has 144 valence electrons. The van der Waals surface area contributed by atoms with E-state index in [4.69, 9.17) is 10.5 Å². The topological polar surface area (TPSA) is 81.9 Å². The first-order valence-corrected chi connectivity index (χ1v) is 8.31. The van der Waals surface area contributed by atoms with Crippen molar-refractivity contribution in [2.24, 2.45) is 5.73 Å². The van der Waals surface area contributed by atoms with Crippen LogP contribution in [0.3, 0.4) is 0 Å². The maximum Gasteiger partial charge on any atom is 0.447 e. The zero-order valence-corrected chi connectivity index (χ0v) is 15.6. The van der Waals surface area contributed by atoms with E-state index < -0.39 is 12.1 Å². The fraction of sp³-hybridized carbons (Fsp3) is 0.474. The zero-order chi connectivity index (χ0) is 20.1. The predicted molar refractivity (Wildman–Crippen MR) is 98.3 cm³/mol. The van der Waals surface area contributed by atoms with E-state index in [9.17, 15) is 14.1 Å². The molecule has 0 unspecified atom stereocenters. The highest BCUT2D eigenvalue weighted by Crippen LogP contribution is 2.24. The van der Waals surface area contributed by atoms with Crippen LogP contribution in [0.1, 0.15) is 40.0 Å². The lowest BCUT2D eigenvalue weighted by Gasteiger charge is -2.16. The van der Waals surface area contributed by atoms with E-state index in [1.165, 1.54) is 11.0 Å². The summed E-state index contributed by atoms with van der Waals surface area (Å²) < 4.78 is 16.9. The summed E-state index contributed by atoms with van der Waals surface area (Å²) in [4.78, 5) is 27.2. The number of esters is 1. The second-order valence-corrected chi connectivity index (χ2v) is 5.59. The maximum absolute atomic E-state index is 12.0. The Morgan fingerprint density at radius 1 is 1.23 bits per heavy atom. The molecule has 1 saturated heterocycles. The van der Waals surface area contributed by atoms with Crippen LogP contribution in [0.25, 0.3) is 0 Å². The fourth-order valence-electron chi connectivity index (χ4n) is 2.56. The Hall–Kier alpha value is -2.75. The summed E-state index contributed by atoms with van der Waals surface area (Å²) in [6.45, 7) is 6.63. The molecule has 0 saturated carbocycles. The Labute approximate surface area is 154 Å². The molecule has 0 bridgehead atoms. The first-order valence-electron chi connectivity index (χ1n) is 8.31. The first-order chi connectivity index (χ1) is 12.4. The van der Waals surface area contributed by atoms with Crippen LogP contribution >= 0.6 is 0 Å². The third-order valence-corrected chi connectivity index (χ3v) is 4.03. The van der Waals surface area contributed by atoms with Gasteiger partial charge in [0.2, 0.25) is 0 Å². The third-order valence-electron chi connectivity index (χ3n) is 4.03. The highest BCUT2D eigenvalue weighted by molar-refractivity contribution is 5.82. The van der Waals surface area contributed by atoms with Gasteiger partial charge in [-0.1, -0.05) is 11.6 Å². The van der Waals surface area contributed by atoms with Crippen molar-refractivity contribution in [2.45, 2.75) is 40.0 Å². The van der Waals surface area contributed by atoms with Crippen LogP contribution in [0.15, 0.2) is 34.6 Å². The number of carbonyl (C=O) groups is 2. The molecule has 1 heterocycles. The third kappa shape index (κ3) is 7.43. The monoisotopic (exact) mass is 366 g/mol. The van der Waals surface area contributed by atoms with E-state index >= 15 is 0 Å². The summed E-state index contributed by atoms with van der Waals surface area (Å²) in [5.74, 6) is -0.412. The molecule has 1 rings (SSSR count). The molecular formula is C19H27FN2O4. The van der Waals surface area contributed by atoms with Crippen molar-refractivity contribution in [2.75, 3.05) is 19.7 Å². The van der Waals surface area contributed by atoms with Gasteiger partial charge >= 0.3 is 12.1 Å². The zero-order valence-electron chi connectivity index (χ0n) is 15.6. The number of hydrogen-bond donors (Lipinski definition) is 1. The van der Waals surface area contributed by atoms with Gasteiger partial charge in [-0.3, -0.25) is 0 Å². The highest BCUT2D eigenvalue weighted by Gasteiger charge is 2.20. The van der Waals surface area contributed by atoms with Gasteiger partial charge in [-0.05, 0) is 51.2 Å². The predicted octanol–water partition coefficient (Wildman–Crippen LogP) is 3.41. The lowest BCUT2D eigenvalue weighted by atomic mass is 9.98. The van der Waals surface area contributed by atoms with Crippen LogP contribution in [-0.2, 0) is 14.5 Å². The Morgan fingerprint density at radius 2 is 1.88 bits per heavy atom. The standard InChI is InChI=1S/C17H25FN2O4.C2H2/c1-4-23-15(21)8-7-12(2)16(19)13(3)14-6-5-10-20(11-9-14)17(22)24-18;1-2/h7-8H,4-6,9-11,19H2,1-3H3;1-2H/b8-7+,14-13+,16-12-;. The van der Waals surface area contributed by atoms with Crippen LogP contribution in [0, 0.1) is 12.8 Å². The lowest BCUT2D eigenvalue weighted by Crippen LogP contribution is -2.30. The molecule has 6 nitrogen and oxygen atoms in total. The van der Waals surface area contributed by atoms with E-state index in [2.05, 4.69) is 17.8 Å². The summed E-state index contributed by atoms with van der Waals surface area (Å²) in [6, 6.07) is 0. The Kier molecular flexibility index (Phi) is 11.3. The van der Waals surface area contributed by atoms with Crippen LogP contribution in [0.2, 0.25) is 0 Å². The van der Waals surface area contributed by atoms with Crippen LogP contribution in [0.5, 0.6) is 0 Å².